The van der Waals surface area contributed by atoms with Crippen molar-refractivity contribution in [1.29, 1.82) is 0 Å². The fourth-order valence-corrected chi connectivity index (χ4v) is 2.90. The highest BCUT2D eigenvalue weighted by molar-refractivity contribution is 5.79. The average Bonchev–Trinajstić information content (AvgIpc) is 3.11. The number of hydrogen-bond acceptors (Lipinski definition) is 6. The van der Waals surface area contributed by atoms with Crippen molar-refractivity contribution in [3.63, 3.8) is 0 Å². The third kappa shape index (κ3) is 4.23. The number of likely N-dealkylation sites (tertiary alicyclic amines) is 1. The standard InChI is InChI=1S/C18H21N3O4/c1-2-24-18(23)14-8-10-21(11-9-14)16(22)12-15-19-17(25-20-15)13-6-4-3-5-7-13/h3-7,14H,2,8-12H2,1H3. The van der Waals surface area contributed by atoms with Crippen molar-refractivity contribution in [2.24, 2.45) is 5.92 Å². The second kappa shape index (κ2) is 7.92. The molecule has 1 aliphatic heterocycles. The Kier molecular flexibility index (Phi) is 5.42. The first kappa shape index (κ1) is 17.1. The van der Waals surface area contributed by atoms with Crippen LogP contribution in [0.25, 0.3) is 11.5 Å². The Morgan fingerprint density at radius 3 is 2.64 bits per heavy atom. The first-order valence-corrected chi connectivity index (χ1v) is 8.49. The van der Waals surface area contributed by atoms with Gasteiger partial charge in [-0.25, -0.2) is 0 Å². The van der Waals surface area contributed by atoms with Gasteiger partial charge in [0.05, 0.1) is 18.9 Å². The Bertz CT molecular complexity index is 721. The van der Waals surface area contributed by atoms with E-state index in [4.69, 9.17) is 9.26 Å². The molecular formula is C18H21N3O4. The van der Waals surface area contributed by atoms with Gasteiger partial charge in [-0.15, -0.1) is 0 Å². The maximum Gasteiger partial charge on any atom is 0.309 e. The van der Waals surface area contributed by atoms with Gasteiger partial charge in [0, 0.05) is 18.7 Å². The maximum absolute atomic E-state index is 12.4. The smallest absolute Gasteiger partial charge is 0.309 e. The molecule has 25 heavy (non-hydrogen) atoms. The number of hydrogen-bond donors (Lipinski definition) is 0. The maximum atomic E-state index is 12.4. The molecule has 1 aliphatic rings. The summed E-state index contributed by atoms with van der Waals surface area (Å²) < 4.78 is 10.3. The van der Waals surface area contributed by atoms with Gasteiger partial charge in [0.2, 0.25) is 5.91 Å². The van der Waals surface area contributed by atoms with Gasteiger partial charge in [-0.2, -0.15) is 4.98 Å². The molecule has 3 rings (SSSR count). The quantitative estimate of drug-likeness (QED) is 0.773. The second-order valence-electron chi connectivity index (χ2n) is 5.97. The summed E-state index contributed by atoms with van der Waals surface area (Å²) in [4.78, 5) is 30.2. The van der Waals surface area contributed by atoms with E-state index < -0.39 is 0 Å². The van der Waals surface area contributed by atoms with Crippen molar-refractivity contribution >= 4 is 11.9 Å². The van der Waals surface area contributed by atoms with Gasteiger partial charge in [0.25, 0.3) is 5.89 Å². The van der Waals surface area contributed by atoms with Gasteiger partial charge in [-0.05, 0) is 31.9 Å². The van der Waals surface area contributed by atoms with Crippen LogP contribution in [0.2, 0.25) is 0 Å². The number of nitrogens with zero attached hydrogens (tertiary/aromatic N) is 3. The first-order chi connectivity index (χ1) is 12.2. The lowest BCUT2D eigenvalue weighted by atomic mass is 9.97. The highest BCUT2D eigenvalue weighted by Crippen LogP contribution is 2.20. The van der Waals surface area contributed by atoms with Gasteiger partial charge in [-0.3, -0.25) is 9.59 Å². The van der Waals surface area contributed by atoms with Crippen LogP contribution in [0.1, 0.15) is 25.6 Å². The largest absolute Gasteiger partial charge is 0.466 e. The van der Waals surface area contributed by atoms with Crippen molar-refractivity contribution in [1.82, 2.24) is 15.0 Å². The number of carbonyl (C=O) groups is 2. The normalized spacial score (nSPS) is 15.2. The van der Waals surface area contributed by atoms with E-state index in [0.717, 1.165) is 5.56 Å². The van der Waals surface area contributed by atoms with E-state index in [2.05, 4.69) is 10.1 Å². The van der Waals surface area contributed by atoms with Gasteiger partial charge < -0.3 is 14.2 Å². The lowest BCUT2D eigenvalue weighted by Crippen LogP contribution is -2.41. The minimum Gasteiger partial charge on any atom is -0.466 e. The number of aromatic nitrogens is 2. The van der Waals surface area contributed by atoms with Crippen molar-refractivity contribution < 1.29 is 18.8 Å². The molecule has 0 atom stereocenters. The van der Waals surface area contributed by atoms with Crippen molar-refractivity contribution in [3.8, 4) is 11.5 Å². The summed E-state index contributed by atoms with van der Waals surface area (Å²) in [5, 5.41) is 3.89. The summed E-state index contributed by atoms with van der Waals surface area (Å²) >= 11 is 0. The highest BCUT2D eigenvalue weighted by Gasteiger charge is 2.28. The van der Waals surface area contributed by atoms with Crippen molar-refractivity contribution in [2.45, 2.75) is 26.2 Å². The molecule has 1 aromatic heterocycles. The third-order valence-corrected chi connectivity index (χ3v) is 4.27. The molecule has 0 spiro atoms. The molecule has 0 aliphatic carbocycles. The van der Waals surface area contributed by atoms with Crippen molar-refractivity contribution in [2.75, 3.05) is 19.7 Å². The number of esters is 1. The Balaban J connectivity index is 1.54. The van der Waals surface area contributed by atoms with Gasteiger partial charge in [-0.1, -0.05) is 23.4 Å². The van der Waals surface area contributed by atoms with E-state index >= 15 is 0 Å². The van der Waals surface area contributed by atoms with E-state index in [-0.39, 0.29) is 24.2 Å². The van der Waals surface area contributed by atoms with Crippen molar-refractivity contribution in [3.05, 3.63) is 36.2 Å². The number of piperidine rings is 1. The molecular weight excluding hydrogens is 322 g/mol. The van der Waals surface area contributed by atoms with Crippen LogP contribution < -0.4 is 0 Å². The number of ether oxygens (including phenoxy) is 1. The average molecular weight is 343 g/mol. The zero-order valence-corrected chi connectivity index (χ0v) is 14.2. The summed E-state index contributed by atoms with van der Waals surface area (Å²) in [7, 11) is 0. The molecule has 0 radical (unpaired) electrons. The lowest BCUT2D eigenvalue weighted by Gasteiger charge is -2.30. The summed E-state index contributed by atoms with van der Waals surface area (Å²) in [6.45, 7) is 3.28. The summed E-state index contributed by atoms with van der Waals surface area (Å²) in [6, 6.07) is 9.43. The van der Waals surface area contributed by atoms with E-state index in [1.165, 1.54) is 0 Å². The Morgan fingerprint density at radius 1 is 1.24 bits per heavy atom. The molecule has 2 aromatic rings. The predicted molar refractivity (Wildman–Crippen MR) is 89.4 cm³/mol. The topological polar surface area (TPSA) is 85.5 Å². The SMILES string of the molecule is CCOC(=O)C1CCN(C(=O)Cc2noc(-c3ccccc3)n2)CC1. The van der Waals surface area contributed by atoms with Crippen LogP contribution in [-0.4, -0.2) is 46.6 Å². The molecule has 132 valence electrons. The summed E-state index contributed by atoms with van der Waals surface area (Å²) in [5.41, 5.74) is 0.823. The van der Waals surface area contributed by atoms with Gasteiger partial charge in [0.15, 0.2) is 5.82 Å². The van der Waals surface area contributed by atoms with Gasteiger partial charge in [0.1, 0.15) is 0 Å². The minimum atomic E-state index is -0.166. The zero-order chi connectivity index (χ0) is 17.6. The molecule has 0 unspecified atom stereocenters. The summed E-state index contributed by atoms with van der Waals surface area (Å²) in [5.74, 6) is 0.447. The van der Waals surface area contributed by atoms with Crippen LogP contribution in [0.5, 0.6) is 0 Å². The molecule has 0 N–H and O–H groups in total. The zero-order valence-electron chi connectivity index (χ0n) is 14.2. The van der Waals surface area contributed by atoms with Crippen LogP contribution in [-0.2, 0) is 20.7 Å². The molecule has 1 aromatic carbocycles. The minimum absolute atomic E-state index is 0.0530. The van der Waals surface area contributed by atoms with E-state index in [1.54, 1.807) is 11.8 Å². The van der Waals surface area contributed by atoms with E-state index in [0.29, 0.717) is 44.3 Å². The van der Waals surface area contributed by atoms with Crippen LogP contribution in [0.3, 0.4) is 0 Å². The van der Waals surface area contributed by atoms with E-state index in [1.807, 2.05) is 30.3 Å². The fourth-order valence-electron chi connectivity index (χ4n) is 2.90. The number of rotatable bonds is 5. The van der Waals surface area contributed by atoms with Crippen LogP contribution in [0.15, 0.2) is 34.9 Å². The monoisotopic (exact) mass is 343 g/mol. The first-order valence-electron chi connectivity index (χ1n) is 8.49. The molecule has 2 heterocycles. The molecule has 0 saturated carbocycles. The number of amides is 1. The number of carbonyl (C=O) groups excluding carboxylic acids is 2. The fraction of sp³-hybridized carbons (Fsp3) is 0.444. The van der Waals surface area contributed by atoms with Crippen LogP contribution >= 0.6 is 0 Å². The predicted octanol–water partition coefficient (Wildman–Crippen LogP) is 2.08. The Labute approximate surface area is 146 Å². The molecule has 0 bridgehead atoms. The molecule has 1 saturated heterocycles. The molecule has 1 fully saturated rings. The van der Waals surface area contributed by atoms with Gasteiger partial charge >= 0.3 is 5.97 Å². The van der Waals surface area contributed by atoms with Crippen LogP contribution in [0.4, 0.5) is 0 Å². The molecule has 1 amide bonds. The number of benzene rings is 1. The third-order valence-electron chi connectivity index (χ3n) is 4.27. The Morgan fingerprint density at radius 2 is 1.96 bits per heavy atom. The van der Waals surface area contributed by atoms with E-state index in [9.17, 15) is 9.59 Å². The molecule has 7 heteroatoms. The second-order valence-corrected chi connectivity index (χ2v) is 5.97. The Hall–Kier alpha value is -2.70. The lowest BCUT2D eigenvalue weighted by molar-refractivity contribution is -0.151. The summed E-state index contributed by atoms with van der Waals surface area (Å²) in [6.07, 6.45) is 1.36. The van der Waals surface area contributed by atoms with Crippen LogP contribution in [0, 0.1) is 5.92 Å². The molecule has 7 nitrogen and oxygen atoms in total. The highest BCUT2D eigenvalue weighted by atomic mass is 16.5.